The van der Waals surface area contributed by atoms with E-state index in [2.05, 4.69) is 40.3 Å². The molecule has 2 atom stereocenters. The Labute approximate surface area is 111 Å². The zero-order chi connectivity index (χ0) is 11.5. The molecular weight excluding hydrogens is 286 g/mol. The monoisotopic (exact) mass is 301 g/mol. The molecule has 0 aliphatic heterocycles. The molecule has 0 bridgehead atoms. The van der Waals surface area contributed by atoms with Gasteiger partial charge in [-0.2, -0.15) is 0 Å². The quantitative estimate of drug-likeness (QED) is 0.804. The molecule has 1 N–H and O–H groups in total. The normalized spacial score (nSPS) is 23.4. The Balaban J connectivity index is 1.88. The van der Waals surface area contributed by atoms with Crippen molar-refractivity contribution in [2.24, 2.45) is 5.92 Å². The van der Waals surface area contributed by atoms with Crippen molar-refractivity contribution in [3.8, 4) is 0 Å². The number of nitrogens with one attached hydrogen (secondary N) is 1. The van der Waals surface area contributed by atoms with Crippen LogP contribution in [-0.4, -0.2) is 13.1 Å². The summed E-state index contributed by atoms with van der Waals surface area (Å²) in [6.45, 7) is 4.49. The van der Waals surface area contributed by atoms with Gasteiger partial charge in [0.05, 0.1) is 5.02 Å². The van der Waals surface area contributed by atoms with Crippen LogP contribution < -0.4 is 5.32 Å². The van der Waals surface area contributed by atoms with Crippen LogP contribution in [0.4, 0.5) is 0 Å². The standard InChI is InChI=1S/C13H17BrClN/c1-2-5-16-8-10-6-11(10)9-3-4-13(15)12(14)7-9/h3-4,7,10-11,16H,2,5-6,8H2,1H3. The Morgan fingerprint density at radius 3 is 3.00 bits per heavy atom. The molecule has 0 heterocycles. The lowest BCUT2D eigenvalue weighted by atomic mass is 10.1. The number of hydrogen-bond acceptors (Lipinski definition) is 1. The fourth-order valence-corrected chi connectivity index (χ4v) is 2.60. The third kappa shape index (κ3) is 2.99. The minimum absolute atomic E-state index is 0.734. The van der Waals surface area contributed by atoms with Gasteiger partial charge in [-0.1, -0.05) is 24.6 Å². The van der Waals surface area contributed by atoms with Gasteiger partial charge in [-0.05, 0) is 71.4 Å². The van der Waals surface area contributed by atoms with Gasteiger partial charge >= 0.3 is 0 Å². The van der Waals surface area contributed by atoms with Crippen molar-refractivity contribution < 1.29 is 0 Å². The molecule has 1 saturated carbocycles. The lowest BCUT2D eigenvalue weighted by Gasteiger charge is -2.04. The van der Waals surface area contributed by atoms with Crippen LogP contribution in [0.15, 0.2) is 22.7 Å². The molecule has 2 unspecified atom stereocenters. The van der Waals surface area contributed by atoms with E-state index in [1.54, 1.807) is 0 Å². The van der Waals surface area contributed by atoms with Crippen LogP contribution in [0.25, 0.3) is 0 Å². The molecule has 1 fully saturated rings. The molecule has 0 aromatic heterocycles. The van der Waals surface area contributed by atoms with Gasteiger partial charge in [0, 0.05) is 4.47 Å². The number of hydrogen-bond donors (Lipinski definition) is 1. The lowest BCUT2D eigenvalue weighted by Crippen LogP contribution is -2.17. The molecule has 0 spiro atoms. The van der Waals surface area contributed by atoms with Crippen LogP contribution in [0.1, 0.15) is 31.2 Å². The summed E-state index contributed by atoms with van der Waals surface area (Å²) in [5.41, 5.74) is 1.42. The van der Waals surface area contributed by atoms with Crippen LogP contribution in [0, 0.1) is 5.92 Å². The predicted molar refractivity (Wildman–Crippen MR) is 73.2 cm³/mol. The minimum atomic E-state index is 0.734. The molecule has 0 radical (unpaired) electrons. The third-order valence-electron chi connectivity index (χ3n) is 3.13. The second kappa shape index (κ2) is 5.52. The highest BCUT2D eigenvalue weighted by molar-refractivity contribution is 9.10. The number of rotatable bonds is 5. The Hall–Kier alpha value is -0.0500. The van der Waals surface area contributed by atoms with Gasteiger partial charge in [0.1, 0.15) is 0 Å². The van der Waals surface area contributed by atoms with E-state index >= 15 is 0 Å². The highest BCUT2D eigenvalue weighted by Gasteiger charge is 2.37. The molecule has 0 saturated heterocycles. The number of halogens is 2. The molecule has 88 valence electrons. The number of benzene rings is 1. The molecule has 0 amide bonds. The predicted octanol–water partition coefficient (Wildman–Crippen LogP) is 4.21. The van der Waals surface area contributed by atoms with E-state index in [9.17, 15) is 0 Å². The largest absolute Gasteiger partial charge is 0.316 e. The highest BCUT2D eigenvalue weighted by atomic mass is 79.9. The van der Waals surface area contributed by atoms with Crippen LogP contribution in [0.2, 0.25) is 5.02 Å². The van der Waals surface area contributed by atoms with E-state index in [4.69, 9.17) is 11.6 Å². The maximum Gasteiger partial charge on any atom is 0.0548 e. The van der Waals surface area contributed by atoms with E-state index in [1.807, 2.05) is 6.07 Å². The third-order valence-corrected chi connectivity index (χ3v) is 4.34. The molecular formula is C13H17BrClN. The minimum Gasteiger partial charge on any atom is -0.316 e. The second-order valence-corrected chi connectivity index (χ2v) is 5.74. The maximum atomic E-state index is 5.99. The first-order valence-electron chi connectivity index (χ1n) is 5.88. The average Bonchev–Trinajstić information content (AvgIpc) is 3.02. The molecule has 1 aliphatic rings. The fraction of sp³-hybridized carbons (Fsp3) is 0.538. The van der Waals surface area contributed by atoms with Crippen molar-refractivity contribution in [1.82, 2.24) is 5.32 Å². The maximum absolute atomic E-state index is 5.99. The van der Waals surface area contributed by atoms with Crippen molar-refractivity contribution in [2.45, 2.75) is 25.7 Å². The topological polar surface area (TPSA) is 12.0 Å². The summed E-state index contributed by atoms with van der Waals surface area (Å²) in [6, 6.07) is 6.29. The summed E-state index contributed by atoms with van der Waals surface area (Å²) in [6.07, 6.45) is 2.52. The first-order valence-corrected chi connectivity index (χ1v) is 7.05. The van der Waals surface area contributed by atoms with Crippen molar-refractivity contribution in [3.05, 3.63) is 33.3 Å². The molecule has 1 aromatic rings. The molecule has 16 heavy (non-hydrogen) atoms. The summed E-state index contributed by atoms with van der Waals surface area (Å²) in [5.74, 6) is 1.55. The Morgan fingerprint density at radius 2 is 2.31 bits per heavy atom. The van der Waals surface area contributed by atoms with Gasteiger partial charge in [-0.25, -0.2) is 0 Å². The highest BCUT2D eigenvalue weighted by Crippen LogP contribution is 2.47. The van der Waals surface area contributed by atoms with Gasteiger partial charge in [0.15, 0.2) is 0 Å². The Kier molecular flexibility index (Phi) is 4.28. The van der Waals surface area contributed by atoms with Gasteiger partial charge in [0.2, 0.25) is 0 Å². The van der Waals surface area contributed by atoms with Crippen molar-refractivity contribution in [1.29, 1.82) is 0 Å². The van der Waals surface area contributed by atoms with E-state index in [0.29, 0.717) is 0 Å². The molecule has 3 heteroatoms. The van der Waals surface area contributed by atoms with Gasteiger partial charge in [-0.3, -0.25) is 0 Å². The zero-order valence-corrected chi connectivity index (χ0v) is 11.8. The van der Waals surface area contributed by atoms with Crippen LogP contribution in [0.5, 0.6) is 0 Å². The SMILES string of the molecule is CCCNCC1CC1c1ccc(Cl)c(Br)c1. The summed E-state index contributed by atoms with van der Waals surface area (Å²) in [7, 11) is 0. The van der Waals surface area contributed by atoms with Gasteiger partial charge in [0.25, 0.3) is 0 Å². The molecule has 1 nitrogen and oxygen atoms in total. The van der Waals surface area contributed by atoms with E-state index in [1.165, 1.54) is 18.4 Å². The molecule has 1 aliphatic carbocycles. The fourth-order valence-electron chi connectivity index (χ4n) is 2.09. The molecule has 1 aromatic carbocycles. The first-order chi connectivity index (χ1) is 7.72. The van der Waals surface area contributed by atoms with Crippen LogP contribution in [0.3, 0.4) is 0 Å². The van der Waals surface area contributed by atoms with E-state index in [0.717, 1.165) is 34.4 Å². The van der Waals surface area contributed by atoms with Crippen LogP contribution in [-0.2, 0) is 0 Å². The average molecular weight is 303 g/mol. The lowest BCUT2D eigenvalue weighted by molar-refractivity contribution is 0.620. The summed E-state index contributed by atoms with van der Waals surface area (Å²) in [4.78, 5) is 0. The van der Waals surface area contributed by atoms with Gasteiger partial charge in [-0.15, -0.1) is 0 Å². The van der Waals surface area contributed by atoms with E-state index < -0.39 is 0 Å². The van der Waals surface area contributed by atoms with Crippen LogP contribution >= 0.6 is 27.5 Å². The summed E-state index contributed by atoms with van der Waals surface area (Å²) in [5, 5.41) is 4.28. The molecule has 2 rings (SSSR count). The zero-order valence-electron chi connectivity index (χ0n) is 9.47. The van der Waals surface area contributed by atoms with Crippen molar-refractivity contribution >= 4 is 27.5 Å². The first kappa shape index (κ1) is 12.4. The second-order valence-electron chi connectivity index (χ2n) is 4.48. The van der Waals surface area contributed by atoms with E-state index in [-0.39, 0.29) is 0 Å². The smallest absolute Gasteiger partial charge is 0.0548 e. The van der Waals surface area contributed by atoms with Crippen molar-refractivity contribution in [3.63, 3.8) is 0 Å². The van der Waals surface area contributed by atoms with Crippen molar-refractivity contribution in [2.75, 3.05) is 13.1 Å². The summed E-state index contributed by atoms with van der Waals surface area (Å²) < 4.78 is 1.01. The summed E-state index contributed by atoms with van der Waals surface area (Å²) >= 11 is 9.46. The Bertz CT molecular complexity index is 367. The van der Waals surface area contributed by atoms with Gasteiger partial charge < -0.3 is 5.32 Å². The Morgan fingerprint density at radius 1 is 1.50 bits per heavy atom.